The van der Waals surface area contributed by atoms with E-state index in [9.17, 15) is 19.5 Å². The van der Waals surface area contributed by atoms with Crippen molar-refractivity contribution in [1.29, 1.82) is 0 Å². The lowest BCUT2D eigenvalue weighted by Crippen LogP contribution is -2.61. The van der Waals surface area contributed by atoms with Gasteiger partial charge in [0.15, 0.2) is 5.78 Å². The lowest BCUT2D eigenvalue weighted by molar-refractivity contribution is -0.181. The molecule has 0 bridgehead atoms. The Bertz CT molecular complexity index is 890. The highest BCUT2D eigenvalue weighted by atomic mass is 16.3. The summed E-state index contributed by atoms with van der Waals surface area (Å²) in [5.74, 6) is -0.952. The second-order valence-electron chi connectivity index (χ2n) is 11.7. The average Bonchev–Trinajstić information content (AvgIpc) is 2.98. The molecule has 0 spiro atoms. The first-order valence-corrected chi connectivity index (χ1v) is 13.1. The van der Waals surface area contributed by atoms with Gasteiger partial charge in [-0.1, -0.05) is 58.6 Å². The molecule has 0 aliphatic heterocycles. The van der Waals surface area contributed by atoms with Crippen LogP contribution < -0.4 is 5.32 Å². The first-order valence-electron chi connectivity index (χ1n) is 13.1. The van der Waals surface area contributed by atoms with Crippen LogP contribution in [0.3, 0.4) is 0 Å². The van der Waals surface area contributed by atoms with E-state index in [-0.39, 0.29) is 34.7 Å². The zero-order chi connectivity index (χ0) is 24.0. The lowest BCUT2D eigenvalue weighted by Gasteiger charge is -2.60. The van der Waals surface area contributed by atoms with Crippen molar-refractivity contribution in [1.82, 2.24) is 5.32 Å². The first-order chi connectivity index (χ1) is 15.6. The van der Waals surface area contributed by atoms with E-state index in [2.05, 4.69) is 32.2 Å². The highest BCUT2D eigenvalue weighted by molar-refractivity contribution is 6.37. The van der Waals surface area contributed by atoms with Crippen LogP contribution in [0.4, 0.5) is 0 Å². The summed E-state index contributed by atoms with van der Waals surface area (Å²) in [7, 11) is 0. The molecule has 0 saturated heterocycles. The number of hydrogen-bond donors (Lipinski definition) is 2. The minimum atomic E-state index is -0.971. The molecule has 33 heavy (non-hydrogen) atoms. The van der Waals surface area contributed by atoms with Crippen molar-refractivity contribution in [3.63, 3.8) is 0 Å². The van der Waals surface area contributed by atoms with E-state index in [4.69, 9.17) is 0 Å². The quantitative estimate of drug-likeness (QED) is 0.436. The molecule has 1 unspecified atom stereocenters. The molecule has 3 saturated carbocycles. The number of amides is 1. The van der Waals surface area contributed by atoms with E-state index < -0.39 is 22.8 Å². The predicted molar refractivity (Wildman–Crippen MR) is 128 cm³/mol. The summed E-state index contributed by atoms with van der Waals surface area (Å²) in [6.45, 7) is 8.97. The molecule has 3 fully saturated rings. The Labute approximate surface area is 198 Å². The van der Waals surface area contributed by atoms with Crippen LogP contribution in [0.15, 0.2) is 23.8 Å². The van der Waals surface area contributed by atoms with Gasteiger partial charge in [-0.3, -0.25) is 14.4 Å². The smallest absolute Gasteiger partial charge is 0.287 e. The predicted octanol–water partition coefficient (Wildman–Crippen LogP) is 4.54. The zero-order valence-corrected chi connectivity index (χ0v) is 20.8. The van der Waals surface area contributed by atoms with Crippen LogP contribution in [0.25, 0.3) is 0 Å². The van der Waals surface area contributed by atoms with E-state index in [1.165, 1.54) is 5.57 Å². The fourth-order valence-electron chi connectivity index (χ4n) is 8.11. The van der Waals surface area contributed by atoms with Crippen molar-refractivity contribution in [3.05, 3.63) is 23.8 Å². The van der Waals surface area contributed by atoms with Crippen LogP contribution in [-0.4, -0.2) is 34.7 Å². The average molecular weight is 456 g/mol. The topological polar surface area (TPSA) is 83.5 Å². The van der Waals surface area contributed by atoms with E-state index in [0.29, 0.717) is 13.0 Å². The molecule has 182 valence electrons. The molecule has 0 aromatic heterocycles. The monoisotopic (exact) mass is 455 g/mol. The number of unbranched alkanes of at least 4 members (excludes halogenated alkanes) is 3. The second-order valence-corrected chi connectivity index (χ2v) is 11.7. The molecule has 7 atom stereocenters. The van der Waals surface area contributed by atoms with Gasteiger partial charge in [-0.15, -0.1) is 0 Å². The molecule has 1 amide bonds. The van der Waals surface area contributed by atoms with Crippen LogP contribution in [0, 0.1) is 34.5 Å². The number of aliphatic hydroxyl groups is 1. The van der Waals surface area contributed by atoms with Crippen LogP contribution in [0.5, 0.6) is 0 Å². The SMILES string of the molecule is CCCCCCNC(=O)C(=O)[C@H]1[C@H](C)CC2(O)[C@@H]3CCC4=CC(=O)C=C[C@]4(C)[C@H]3CC[C@]12C. The van der Waals surface area contributed by atoms with Crippen molar-refractivity contribution >= 4 is 17.5 Å². The Morgan fingerprint density at radius 3 is 2.64 bits per heavy atom. The molecule has 5 heteroatoms. The maximum absolute atomic E-state index is 13.4. The van der Waals surface area contributed by atoms with Gasteiger partial charge in [-0.2, -0.15) is 0 Å². The van der Waals surface area contributed by atoms with Crippen molar-refractivity contribution in [2.45, 2.75) is 91.1 Å². The summed E-state index contributed by atoms with van der Waals surface area (Å²) in [4.78, 5) is 38.2. The van der Waals surface area contributed by atoms with Crippen LogP contribution in [0.1, 0.15) is 85.5 Å². The van der Waals surface area contributed by atoms with E-state index in [1.54, 1.807) is 12.2 Å². The molecule has 4 aliphatic carbocycles. The van der Waals surface area contributed by atoms with Gasteiger partial charge in [0.05, 0.1) is 5.60 Å². The van der Waals surface area contributed by atoms with Gasteiger partial charge in [0.25, 0.3) is 5.91 Å². The largest absolute Gasteiger partial charge is 0.389 e. The fraction of sp³-hybridized carbons (Fsp3) is 0.750. The Morgan fingerprint density at radius 2 is 1.91 bits per heavy atom. The summed E-state index contributed by atoms with van der Waals surface area (Å²) in [6.07, 6.45) is 13.6. The summed E-state index contributed by atoms with van der Waals surface area (Å²) < 4.78 is 0. The van der Waals surface area contributed by atoms with Crippen LogP contribution >= 0.6 is 0 Å². The minimum absolute atomic E-state index is 0.0367. The van der Waals surface area contributed by atoms with Gasteiger partial charge in [-0.05, 0) is 68.4 Å². The number of ketones is 2. The van der Waals surface area contributed by atoms with Gasteiger partial charge in [-0.25, -0.2) is 0 Å². The molecule has 0 aromatic carbocycles. The van der Waals surface area contributed by atoms with Crippen LogP contribution in [-0.2, 0) is 14.4 Å². The molecule has 5 nitrogen and oxygen atoms in total. The first kappa shape index (κ1) is 24.4. The third-order valence-electron chi connectivity index (χ3n) is 9.87. The third kappa shape index (κ3) is 3.75. The summed E-state index contributed by atoms with van der Waals surface area (Å²) in [5, 5.41) is 15.1. The van der Waals surface area contributed by atoms with Crippen molar-refractivity contribution < 1.29 is 19.5 Å². The Kier molecular flexibility index (Phi) is 6.50. The number of hydrogen-bond acceptors (Lipinski definition) is 4. The zero-order valence-electron chi connectivity index (χ0n) is 20.8. The summed E-state index contributed by atoms with van der Waals surface area (Å²) >= 11 is 0. The maximum Gasteiger partial charge on any atom is 0.287 e. The van der Waals surface area contributed by atoms with Gasteiger partial charge < -0.3 is 10.4 Å². The lowest BCUT2D eigenvalue weighted by atomic mass is 9.46. The van der Waals surface area contributed by atoms with Crippen molar-refractivity contribution in [2.24, 2.45) is 34.5 Å². The molecule has 0 heterocycles. The van der Waals surface area contributed by atoms with Crippen LogP contribution in [0.2, 0.25) is 0 Å². The minimum Gasteiger partial charge on any atom is -0.389 e. The Morgan fingerprint density at radius 1 is 1.15 bits per heavy atom. The molecule has 4 aliphatic rings. The van der Waals surface area contributed by atoms with Crippen molar-refractivity contribution in [3.8, 4) is 0 Å². The second kappa shape index (κ2) is 8.79. The number of rotatable bonds is 7. The van der Waals surface area contributed by atoms with E-state index in [0.717, 1.165) is 51.4 Å². The van der Waals surface area contributed by atoms with E-state index in [1.807, 2.05) is 6.92 Å². The number of carbonyl (C=O) groups excluding carboxylic acids is 3. The maximum atomic E-state index is 13.4. The van der Waals surface area contributed by atoms with Gasteiger partial charge in [0, 0.05) is 23.3 Å². The summed E-state index contributed by atoms with van der Waals surface area (Å²) in [6, 6.07) is 0. The molecule has 0 aromatic rings. The number of nitrogens with one attached hydrogen (secondary N) is 1. The third-order valence-corrected chi connectivity index (χ3v) is 9.87. The van der Waals surface area contributed by atoms with E-state index >= 15 is 0 Å². The number of Topliss-reactive ketones (excluding diaryl/α,β-unsaturated/α-hetero) is 1. The highest BCUT2D eigenvalue weighted by Gasteiger charge is 2.69. The summed E-state index contributed by atoms with van der Waals surface area (Å²) in [5.41, 5.74) is -0.601. The molecular weight excluding hydrogens is 414 g/mol. The molecule has 4 rings (SSSR count). The Balaban J connectivity index is 1.54. The standard InChI is InChI=1S/C28H41NO4/c1-5-6-7-8-15-29-25(32)24(31)23-18(2)17-28(33)22-10-9-19-16-20(30)11-13-26(19,3)21(22)12-14-27(23,28)4/h11,13,16,18,21-23,33H,5-10,12,14-15,17H2,1-4H3,(H,29,32)/t18-,21+,22-,23-,26+,27-,28?/m1/s1. The fourth-order valence-corrected chi connectivity index (χ4v) is 8.11. The molecule has 2 N–H and O–H groups in total. The number of carbonyl (C=O) groups is 3. The van der Waals surface area contributed by atoms with Crippen molar-refractivity contribution in [2.75, 3.05) is 6.54 Å². The number of allylic oxidation sites excluding steroid dienone is 4. The molecular formula is C28H41NO4. The van der Waals surface area contributed by atoms with Gasteiger partial charge in [0.1, 0.15) is 0 Å². The van der Waals surface area contributed by atoms with Gasteiger partial charge >= 0.3 is 0 Å². The number of fused-ring (bicyclic) bond motifs is 5. The molecule has 0 radical (unpaired) electrons. The highest BCUT2D eigenvalue weighted by Crippen LogP contribution is 2.68. The van der Waals surface area contributed by atoms with Gasteiger partial charge in [0.2, 0.25) is 5.78 Å². The Hall–Kier alpha value is -1.75. The normalized spacial score (nSPS) is 41.6.